The number of rotatable bonds is 2. The van der Waals surface area contributed by atoms with Gasteiger partial charge in [-0.15, -0.1) is 0 Å². The minimum Gasteiger partial charge on any atom is -0.376 e. The third-order valence-corrected chi connectivity index (χ3v) is 3.34. The van der Waals surface area contributed by atoms with Gasteiger partial charge in [0, 0.05) is 32.7 Å². The van der Waals surface area contributed by atoms with E-state index >= 15 is 0 Å². The molecule has 2 saturated heterocycles. The molecule has 0 spiro atoms. The van der Waals surface area contributed by atoms with Gasteiger partial charge < -0.3 is 15.0 Å². The molecule has 2 aliphatic rings. The van der Waals surface area contributed by atoms with Crippen molar-refractivity contribution in [3.63, 3.8) is 0 Å². The lowest BCUT2D eigenvalue weighted by molar-refractivity contribution is -0.133. The predicted molar refractivity (Wildman–Crippen MR) is 62.2 cm³/mol. The molecule has 1 N–H and O–H groups in total. The predicted octanol–water partition coefficient (Wildman–Crippen LogP) is 0.623. The van der Waals surface area contributed by atoms with Crippen LogP contribution in [0.2, 0.25) is 0 Å². The largest absolute Gasteiger partial charge is 0.376 e. The maximum Gasteiger partial charge on any atom is 0.223 e. The molecule has 16 heavy (non-hydrogen) atoms. The second-order valence-corrected chi connectivity index (χ2v) is 4.99. The summed E-state index contributed by atoms with van der Waals surface area (Å²) in [6, 6.07) is 0. The second kappa shape index (κ2) is 5.64. The maximum atomic E-state index is 11.9. The van der Waals surface area contributed by atoms with Crippen molar-refractivity contribution < 1.29 is 9.53 Å². The molecule has 0 aromatic rings. The zero-order chi connectivity index (χ0) is 11.4. The lowest BCUT2D eigenvalue weighted by atomic mass is 10.1. The summed E-state index contributed by atoms with van der Waals surface area (Å²) in [6.45, 7) is 6.53. The summed E-state index contributed by atoms with van der Waals surface area (Å²) < 4.78 is 5.60. The fourth-order valence-corrected chi connectivity index (χ4v) is 2.45. The molecule has 2 atom stereocenters. The second-order valence-electron chi connectivity index (χ2n) is 4.99. The first-order chi connectivity index (χ1) is 7.75. The van der Waals surface area contributed by atoms with Gasteiger partial charge in [0.2, 0.25) is 5.91 Å². The monoisotopic (exact) mass is 226 g/mol. The van der Waals surface area contributed by atoms with E-state index in [2.05, 4.69) is 12.2 Å². The van der Waals surface area contributed by atoms with E-state index in [1.807, 2.05) is 4.90 Å². The Bertz CT molecular complexity index is 239. The first-order valence-electron chi connectivity index (χ1n) is 6.36. The van der Waals surface area contributed by atoms with Gasteiger partial charge in [-0.2, -0.15) is 0 Å². The van der Waals surface area contributed by atoms with Crippen LogP contribution in [0, 0.1) is 5.92 Å². The van der Waals surface area contributed by atoms with E-state index < -0.39 is 0 Å². The van der Waals surface area contributed by atoms with Crippen LogP contribution >= 0.6 is 0 Å². The summed E-state index contributed by atoms with van der Waals surface area (Å²) in [7, 11) is 0. The standard InChI is InChI=1S/C12H22N2O2/c1-10-7-13-5-4-12(15)14(8-10)9-11-3-2-6-16-11/h10-11,13H,2-9H2,1H3. The van der Waals surface area contributed by atoms with E-state index in [4.69, 9.17) is 4.74 Å². The molecule has 0 aromatic carbocycles. The fraction of sp³-hybridized carbons (Fsp3) is 0.917. The van der Waals surface area contributed by atoms with Crippen LogP contribution in [0.5, 0.6) is 0 Å². The van der Waals surface area contributed by atoms with Gasteiger partial charge in [-0.1, -0.05) is 6.92 Å². The van der Waals surface area contributed by atoms with Crippen molar-refractivity contribution >= 4 is 5.91 Å². The van der Waals surface area contributed by atoms with Crippen molar-refractivity contribution in [2.24, 2.45) is 5.92 Å². The summed E-state index contributed by atoms with van der Waals surface area (Å²) in [5.74, 6) is 0.806. The van der Waals surface area contributed by atoms with Crippen molar-refractivity contribution in [2.45, 2.75) is 32.3 Å². The number of hydrogen-bond donors (Lipinski definition) is 1. The van der Waals surface area contributed by atoms with Crippen LogP contribution in [-0.2, 0) is 9.53 Å². The Balaban J connectivity index is 1.89. The Labute approximate surface area is 97.3 Å². The third-order valence-electron chi connectivity index (χ3n) is 3.34. The molecular formula is C12H22N2O2. The number of amides is 1. The van der Waals surface area contributed by atoms with Crippen LogP contribution < -0.4 is 5.32 Å². The molecule has 4 nitrogen and oxygen atoms in total. The quantitative estimate of drug-likeness (QED) is 0.750. The Morgan fingerprint density at radius 3 is 3.19 bits per heavy atom. The number of nitrogens with zero attached hydrogens (tertiary/aromatic N) is 1. The zero-order valence-electron chi connectivity index (χ0n) is 10.1. The highest BCUT2D eigenvalue weighted by molar-refractivity contribution is 5.76. The van der Waals surface area contributed by atoms with Gasteiger partial charge in [0.25, 0.3) is 0 Å². The molecule has 2 rings (SSSR count). The molecule has 0 aromatic heterocycles. The number of carbonyl (C=O) groups excluding carboxylic acids is 1. The average Bonchev–Trinajstić information content (AvgIpc) is 2.74. The normalized spacial score (nSPS) is 32.6. The molecule has 4 heteroatoms. The molecule has 0 aliphatic carbocycles. The third kappa shape index (κ3) is 3.19. The van der Waals surface area contributed by atoms with Crippen molar-refractivity contribution in [1.29, 1.82) is 0 Å². The zero-order valence-corrected chi connectivity index (χ0v) is 10.1. The Hall–Kier alpha value is -0.610. The van der Waals surface area contributed by atoms with Gasteiger partial charge in [0.15, 0.2) is 0 Å². The minimum absolute atomic E-state index is 0.273. The highest BCUT2D eigenvalue weighted by Crippen LogP contribution is 2.15. The summed E-state index contributed by atoms with van der Waals surface area (Å²) in [5.41, 5.74) is 0. The molecule has 0 bridgehead atoms. The van der Waals surface area contributed by atoms with Crippen LogP contribution in [0.3, 0.4) is 0 Å². The van der Waals surface area contributed by atoms with Crippen LogP contribution in [-0.4, -0.2) is 49.7 Å². The lowest BCUT2D eigenvalue weighted by Gasteiger charge is -2.30. The fourth-order valence-electron chi connectivity index (χ4n) is 2.45. The van der Waals surface area contributed by atoms with Gasteiger partial charge in [-0.25, -0.2) is 0 Å². The van der Waals surface area contributed by atoms with Gasteiger partial charge in [0.05, 0.1) is 6.10 Å². The van der Waals surface area contributed by atoms with Crippen LogP contribution in [0.25, 0.3) is 0 Å². The highest BCUT2D eigenvalue weighted by atomic mass is 16.5. The molecule has 2 fully saturated rings. The van der Waals surface area contributed by atoms with E-state index in [1.54, 1.807) is 0 Å². The number of ether oxygens (including phenoxy) is 1. The molecule has 2 aliphatic heterocycles. The summed E-state index contributed by atoms with van der Waals surface area (Å²) in [5, 5.41) is 3.30. The van der Waals surface area contributed by atoms with Crippen molar-refractivity contribution in [2.75, 3.05) is 32.8 Å². The van der Waals surface area contributed by atoms with Crippen molar-refractivity contribution in [1.82, 2.24) is 10.2 Å². The number of carbonyl (C=O) groups is 1. The van der Waals surface area contributed by atoms with Gasteiger partial charge in [-0.3, -0.25) is 4.79 Å². The first kappa shape index (κ1) is 11.9. The topological polar surface area (TPSA) is 41.6 Å². The molecule has 92 valence electrons. The maximum absolute atomic E-state index is 11.9. The summed E-state index contributed by atoms with van der Waals surface area (Å²) in [4.78, 5) is 13.9. The molecule has 2 unspecified atom stereocenters. The van der Waals surface area contributed by atoms with E-state index in [0.717, 1.165) is 45.6 Å². The van der Waals surface area contributed by atoms with Crippen molar-refractivity contribution in [3.8, 4) is 0 Å². The molecule has 0 saturated carbocycles. The van der Waals surface area contributed by atoms with Gasteiger partial charge in [0.1, 0.15) is 0 Å². The Morgan fingerprint density at radius 2 is 2.44 bits per heavy atom. The van der Waals surface area contributed by atoms with E-state index in [-0.39, 0.29) is 12.0 Å². The lowest BCUT2D eigenvalue weighted by Crippen LogP contribution is -2.45. The van der Waals surface area contributed by atoms with Gasteiger partial charge in [-0.05, 0) is 25.3 Å². The Kier molecular flexibility index (Phi) is 4.18. The van der Waals surface area contributed by atoms with Crippen LogP contribution in [0.4, 0.5) is 0 Å². The summed E-state index contributed by atoms with van der Waals surface area (Å²) in [6.07, 6.45) is 3.16. The van der Waals surface area contributed by atoms with Crippen LogP contribution in [0.1, 0.15) is 26.2 Å². The van der Waals surface area contributed by atoms with Crippen LogP contribution in [0.15, 0.2) is 0 Å². The SMILES string of the molecule is CC1CNCCC(=O)N(CC2CCCO2)C1. The average molecular weight is 226 g/mol. The van der Waals surface area contributed by atoms with E-state index in [1.165, 1.54) is 0 Å². The first-order valence-corrected chi connectivity index (χ1v) is 6.36. The smallest absolute Gasteiger partial charge is 0.223 e. The molecular weight excluding hydrogens is 204 g/mol. The highest BCUT2D eigenvalue weighted by Gasteiger charge is 2.24. The number of hydrogen-bond acceptors (Lipinski definition) is 3. The van der Waals surface area contributed by atoms with Gasteiger partial charge >= 0.3 is 0 Å². The summed E-state index contributed by atoms with van der Waals surface area (Å²) >= 11 is 0. The molecule has 2 heterocycles. The molecule has 0 radical (unpaired) electrons. The Morgan fingerprint density at radius 1 is 1.56 bits per heavy atom. The number of nitrogens with one attached hydrogen (secondary N) is 1. The van der Waals surface area contributed by atoms with E-state index in [9.17, 15) is 4.79 Å². The van der Waals surface area contributed by atoms with Crippen molar-refractivity contribution in [3.05, 3.63) is 0 Å². The van der Waals surface area contributed by atoms with E-state index in [0.29, 0.717) is 12.3 Å². The molecule has 1 amide bonds. The minimum atomic E-state index is 0.273.